The van der Waals surface area contributed by atoms with Crippen molar-refractivity contribution in [3.63, 3.8) is 0 Å². The first-order valence-electron chi connectivity index (χ1n) is 4.94. The standard InChI is InChI=1S/C11H11BrClF3S/c1-7(4-5-13)17-10-6-8(12)2-3-9(10)11(14,15)16/h2-3,6-7H,4-5H2,1H3. The molecule has 0 fully saturated rings. The molecule has 0 heterocycles. The van der Waals surface area contributed by atoms with Crippen LogP contribution in [0.2, 0.25) is 0 Å². The third-order valence-electron chi connectivity index (χ3n) is 2.09. The van der Waals surface area contributed by atoms with Crippen molar-refractivity contribution in [2.45, 2.75) is 29.7 Å². The van der Waals surface area contributed by atoms with E-state index in [9.17, 15) is 13.2 Å². The summed E-state index contributed by atoms with van der Waals surface area (Å²) in [4.78, 5) is 0.240. The maximum Gasteiger partial charge on any atom is 0.417 e. The molecule has 0 aliphatic heterocycles. The van der Waals surface area contributed by atoms with E-state index in [0.717, 1.165) is 6.07 Å². The first-order valence-corrected chi connectivity index (χ1v) is 7.14. The zero-order chi connectivity index (χ0) is 13.1. The van der Waals surface area contributed by atoms with Gasteiger partial charge >= 0.3 is 6.18 Å². The van der Waals surface area contributed by atoms with Crippen LogP contribution >= 0.6 is 39.3 Å². The van der Waals surface area contributed by atoms with Gasteiger partial charge in [-0.15, -0.1) is 23.4 Å². The highest BCUT2D eigenvalue weighted by Gasteiger charge is 2.33. The lowest BCUT2D eigenvalue weighted by atomic mass is 10.2. The minimum Gasteiger partial charge on any atom is -0.166 e. The maximum atomic E-state index is 12.8. The zero-order valence-electron chi connectivity index (χ0n) is 9.02. The summed E-state index contributed by atoms with van der Waals surface area (Å²) in [6.07, 6.45) is -3.64. The Kier molecular flexibility index (Phi) is 5.67. The quantitative estimate of drug-likeness (QED) is 0.506. The molecule has 0 amide bonds. The molecule has 1 aromatic carbocycles. The molecule has 0 bridgehead atoms. The highest BCUT2D eigenvalue weighted by atomic mass is 79.9. The summed E-state index contributed by atoms with van der Waals surface area (Å²) in [5.74, 6) is 0.448. The Morgan fingerprint density at radius 1 is 1.41 bits per heavy atom. The predicted molar refractivity (Wildman–Crippen MR) is 69.8 cm³/mol. The van der Waals surface area contributed by atoms with E-state index in [1.807, 2.05) is 6.92 Å². The average Bonchev–Trinajstić information content (AvgIpc) is 2.15. The van der Waals surface area contributed by atoms with E-state index in [1.165, 1.54) is 23.9 Å². The lowest BCUT2D eigenvalue weighted by Crippen LogP contribution is -2.08. The van der Waals surface area contributed by atoms with Gasteiger partial charge in [0.2, 0.25) is 0 Å². The molecule has 0 aliphatic carbocycles. The van der Waals surface area contributed by atoms with Crippen molar-refractivity contribution in [2.75, 3.05) is 5.88 Å². The van der Waals surface area contributed by atoms with E-state index in [-0.39, 0.29) is 10.1 Å². The summed E-state index contributed by atoms with van der Waals surface area (Å²) >= 11 is 9.97. The van der Waals surface area contributed by atoms with Gasteiger partial charge in [-0.05, 0) is 24.6 Å². The molecule has 1 aromatic rings. The third kappa shape index (κ3) is 4.72. The van der Waals surface area contributed by atoms with Gasteiger partial charge in [0.15, 0.2) is 0 Å². The number of thioether (sulfide) groups is 1. The van der Waals surface area contributed by atoms with E-state index in [2.05, 4.69) is 15.9 Å². The van der Waals surface area contributed by atoms with Crippen molar-refractivity contribution >= 4 is 39.3 Å². The predicted octanol–water partition coefficient (Wildman–Crippen LogP) is 5.58. The van der Waals surface area contributed by atoms with Crippen LogP contribution in [0, 0.1) is 0 Å². The van der Waals surface area contributed by atoms with Crippen molar-refractivity contribution in [1.82, 2.24) is 0 Å². The molecule has 0 N–H and O–H groups in total. The molecule has 1 atom stereocenters. The van der Waals surface area contributed by atoms with Gasteiger partial charge in [0.1, 0.15) is 0 Å². The van der Waals surface area contributed by atoms with Crippen LogP contribution in [0.15, 0.2) is 27.6 Å². The molecular formula is C11H11BrClF3S. The summed E-state index contributed by atoms with van der Waals surface area (Å²) in [6, 6.07) is 4.00. The summed E-state index contributed by atoms with van der Waals surface area (Å²) < 4.78 is 38.9. The summed E-state index contributed by atoms with van der Waals surface area (Å²) in [5, 5.41) is 0.0582. The highest BCUT2D eigenvalue weighted by molar-refractivity contribution is 9.10. The second-order valence-electron chi connectivity index (χ2n) is 3.54. The van der Waals surface area contributed by atoms with E-state index in [1.54, 1.807) is 0 Å². The van der Waals surface area contributed by atoms with Gasteiger partial charge in [-0.3, -0.25) is 0 Å². The topological polar surface area (TPSA) is 0 Å². The smallest absolute Gasteiger partial charge is 0.166 e. The maximum absolute atomic E-state index is 12.8. The number of hydrogen-bond donors (Lipinski definition) is 0. The van der Waals surface area contributed by atoms with Crippen LogP contribution in [0.1, 0.15) is 18.9 Å². The summed E-state index contributed by atoms with van der Waals surface area (Å²) in [7, 11) is 0. The van der Waals surface area contributed by atoms with Crippen LogP contribution in [0.3, 0.4) is 0 Å². The van der Waals surface area contributed by atoms with Crippen LogP contribution in [-0.2, 0) is 6.18 Å². The average molecular weight is 348 g/mol. The Morgan fingerprint density at radius 2 is 2.06 bits per heavy atom. The Hall–Kier alpha value is 0.130. The normalized spacial score (nSPS) is 13.8. The monoisotopic (exact) mass is 346 g/mol. The number of alkyl halides is 4. The SMILES string of the molecule is CC(CCCl)Sc1cc(Br)ccc1C(F)(F)F. The first kappa shape index (κ1) is 15.2. The number of hydrogen-bond acceptors (Lipinski definition) is 1. The van der Waals surface area contributed by atoms with E-state index in [4.69, 9.17) is 11.6 Å². The van der Waals surface area contributed by atoms with Crippen molar-refractivity contribution < 1.29 is 13.2 Å². The first-order chi connectivity index (χ1) is 7.84. The molecule has 1 rings (SSSR count). The summed E-state index contributed by atoms with van der Waals surface area (Å²) in [6.45, 7) is 1.87. The van der Waals surface area contributed by atoms with E-state index < -0.39 is 11.7 Å². The van der Waals surface area contributed by atoms with Crippen LogP contribution in [-0.4, -0.2) is 11.1 Å². The van der Waals surface area contributed by atoms with Gasteiger partial charge in [0, 0.05) is 20.5 Å². The minimum absolute atomic E-state index is 0.0582. The van der Waals surface area contributed by atoms with Crippen LogP contribution in [0.25, 0.3) is 0 Å². The molecule has 96 valence electrons. The van der Waals surface area contributed by atoms with Crippen LogP contribution in [0.5, 0.6) is 0 Å². The van der Waals surface area contributed by atoms with Gasteiger partial charge in [0.05, 0.1) is 5.56 Å². The van der Waals surface area contributed by atoms with Crippen molar-refractivity contribution in [2.24, 2.45) is 0 Å². The Morgan fingerprint density at radius 3 is 2.59 bits per heavy atom. The van der Waals surface area contributed by atoms with Gasteiger partial charge in [-0.25, -0.2) is 0 Å². The van der Waals surface area contributed by atoms with Gasteiger partial charge in [0.25, 0.3) is 0 Å². The molecule has 0 aliphatic rings. The lowest BCUT2D eigenvalue weighted by Gasteiger charge is -2.15. The number of benzene rings is 1. The molecule has 0 nitrogen and oxygen atoms in total. The Balaban J connectivity index is 2.99. The van der Waals surface area contributed by atoms with Crippen LogP contribution in [0.4, 0.5) is 13.2 Å². The molecule has 0 aromatic heterocycles. The second kappa shape index (κ2) is 6.34. The largest absolute Gasteiger partial charge is 0.417 e. The van der Waals surface area contributed by atoms with Crippen molar-refractivity contribution in [3.8, 4) is 0 Å². The minimum atomic E-state index is -4.32. The Bertz CT molecular complexity index is 381. The van der Waals surface area contributed by atoms with Crippen LogP contribution < -0.4 is 0 Å². The molecule has 17 heavy (non-hydrogen) atoms. The fraction of sp³-hybridized carbons (Fsp3) is 0.455. The molecular weight excluding hydrogens is 337 g/mol. The fourth-order valence-electron chi connectivity index (χ4n) is 1.26. The Labute approximate surface area is 116 Å². The lowest BCUT2D eigenvalue weighted by molar-refractivity contribution is -0.139. The molecule has 0 spiro atoms. The van der Waals surface area contributed by atoms with Gasteiger partial charge in [-0.1, -0.05) is 22.9 Å². The fourth-order valence-corrected chi connectivity index (χ4v) is 3.40. The summed E-state index contributed by atoms with van der Waals surface area (Å²) in [5.41, 5.74) is -0.591. The molecule has 0 saturated carbocycles. The van der Waals surface area contributed by atoms with Gasteiger partial charge in [-0.2, -0.15) is 13.2 Å². The number of halogens is 5. The van der Waals surface area contributed by atoms with Crippen molar-refractivity contribution in [3.05, 3.63) is 28.2 Å². The zero-order valence-corrected chi connectivity index (χ0v) is 12.2. The van der Waals surface area contributed by atoms with E-state index >= 15 is 0 Å². The second-order valence-corrected chi connectivity index (χ2v) is 6.32. The number of rotatable bonds is 4. The highest BCUT2D eigenvalue weighted by Crippen LogP contribution is 2.39. The molecule has 6 heteroatoms. The third-order valence-corrected chi connectivity index (χ3v) is 4.03. The van der Waals surface area contributed by atoms with E-state index in [0.29, 0.717) is 16.8 Å². The molecule has 0 radical (unpaired) electrons. The van der Waals surface area contributed by atoms with Gasteiger partial charge < -0.3 is 0 Å². The molecule has 1 unspecified atom stereocenters. The van der Waals surface area contributed by atoms with Crippen molar-refractivity contribution in [1.29, 1.82) is 0 Å². The molecule has 0 saturated heterocycles.